The Labute approximate surface area is 91.9 Å². The van der Waals surface area contributed by atoms with Gasteiger partial charge in [0.05, 0.1) is 6.04 Å². The van der Waals surface area contributed by atoms with E-state index in [1.165, 1.54) is 10.8 Å². The van der Waals surface area contributed by atoms with E-state index in [0.29, 0.717) is 5.02 Å². The lowest BCUT2D eigenvalue weighted by atomic mass is 10.1. The Bertz CT molecular complexity index is 498. The lowest BCUT2D eigenvalue weighted by Crippen LogP contribution is -2.18. The zero-order chi connectivity index (χ0) is 10.8. The monoisotopic (exact) mass is 223 g/mol. The van der Waals surface area contributed by atoms with Crippen LogP contribution in [0.2, 0.25) is 5.02 Å². The number of nitrogens with zero attached hydrogens (tertiary/aromatic N) is 1. The van der Waals surface area contributed by atoms with Crippen LogP contribution < -0.4 is 5.76 Å². The third kappa shape index (κ3) is 1.97. The van der Waals surface area contributed by atoms with E-state index in [9.17, 15) is 4.79 Å². The summed E-state index contributed by atoms with van der Waals surface area (Å²) in [5.74, 6) is -0.350. The van der Waals surface area contributed by atoms with E-state index in [0.717, 1.165) is 5.56 Å². The Morgan fingerprint density at radius 3 is 2.53 bits per heavy atom. The van der Waals surface area contributed by atoms with Crippen molar-refractivity contribution in [3.05, 3.63) is 57.9 Å². The van der Waals surface area contributed by atoms with Crippen LogP contribution in [0.4, 0.5) is 0 Å². The molecule has 1 aromatic carbocycles. The molecular weight excluding hydrogens is 214 g/mol. The minimum Gasteiger partial charge on any atom is -0.416 e. The molecule has 0 aliphatic carbocycles. The Morgan fingerprint density at radius 1 is 1.33 bits per heavy atom. The Hall–Kier alpha value is -1.48. The Kier molecular flexibility index (Phi) is 2.64. The molecule has 0 spiro atoms. The van der Waals surface area contributed by atoms with Crippen LogP contribution >= 0.6 is 11.6 Å². The van der Waals surface area contributed by atoms with Gasteiger partial charge < -0.3 is 4.42 Å². The van der Waals surface area contributed by atoms with Crippen molar-refractivity contribution < 1.29 is 4.42 Å². The molecule has 0 radical (unpaired) electrons. The maximum atomic E-state index is 11.3. The first-order valence-corrected chi connectivity index (χ1v) is 4.97. The molecule has 1 atom stereocenters. The van der Waals surface area contributed by atoms with Crippen molar-refractivity contribution in [1.29, 1.82) is 0 Å². The van der Waals surface area contributed by atoms with Crippen molar-refractivity contribution in [3.63, 3.8) is 0 Å². The third-order valence-electron chi connectivity index (χ3n) is 2.37. The van der Waals surface area contributed by atoms with Crippen LogP contribution in [0.5, 0.6) is 0 Å². The maximum Gasteiger partial charge on any atom is 0.419 e. The van der Waals surface area contributed by atoms with Crippen LogP contribution in [0.25, 0.3) is 0 Å². The molecule has 78 valence electrons. The highest BCUT2D eigenvalue weighted by atomic mass is 35.5. The standard InChI is InChI=1S/C11H10ClNO2/c1-8(13-6-7-15-11(13)14)9-2-4-10(12)5-3-9/h2-8H,1H3. The van der Waals surface area contributed by atoms with Gasteiger partial charge in [0.1, 0.15) is 6.26 Å². The summed E-state index contributed by atoms with van der Waals surface area (Å²) in [5.41, 5.74) is 1.02. The van der Waals surface area contributed by atoms with Gasteiger partial charge >= 0.3 is 5.76 Å². The van der Waals surface area contributed by atoms with E-state index in [4.69, 9.17) is 16.0 Å². The van der Waals surface area contributed by atoms with Gasteiger partial charge in [-0.3, -0.25) is 4.57 Å². The van der Waals surface area contributed by atoms with Gasteiger partial charge in [0.25, 0.3) is 0 Å². The first-order chi connectivity index (χ1) is 7.18. The molecule has 0 aliphatic rings. The zero-order valence-corrected chi connectivity index (χ0v) is 8.94. The van der Waals surface area contributed by atoms with E-state index < -0.39 is 0 Å². The van der Waals surface area contributed by atoms with Gasteiger partial charge in [0.2, 0.25) is 0 Å². The van der Waals surface area contributed by atoms with Gasteiger partial charge in [-0.25, -0.2) is 4.79 Å². The van der Waals surface area contributed by atoms with Crippen LogP contribution in [0.1, 0.15) is 18.5 Å². The van der Waals surface area contributed by atoms with E-state index in [1.807, 2.05) is 19.1 Å². The van der Waals surface area contributed by atoms with Gasteiger partial charge in [0.15, 0.2) is 0 Å². The number of hydrogen-bond donors (Lipinski definition) is 0. The van der Waals surface area contributed by atoms with Crippen molar-refractivity contribution in [3.8, 4) is 0 Å². The summed E-state index contributed by atoms with van der Waals surface area (Å²) in [7, 11) is 0. The molecule has 2 aromatic rings. The average molecular weight is 224 g/mol. The van der Waals surface area contributed by atoms with Crippen molar-refractivity contribution in [1.82, 2.24) is 4.57 Å². The van der Waals surface area contributed by atoms with E-state index in [-0.39, 0.29) is 11.8 Å². The lowest BCUT2D eigenvalue weighted by molar-refractivity contribution is 0.465. The predicted molar refractivity (Wildman–Crippen MR) is 58.2 cm³/mol. The highest BCUT2D eigenvalue weighted by Crippen LogP contribution is 2.18. The number of hydrogen-bond acceptors (Lipinski definition) is 2. The second-order valence-electron chi connectivity index (χ2n) is 3.30. The molecule has 1 unspecified atom stereocenters. The molecule has 0 saturated heterocycles. The molecule has 0 saturated carbocycles. The first-order valence-electron chi connectivity index (χ1n) is 4.59. The average Bonchev–Trinajstić information content (AvgIpc) is 2.65. The van der Waals surface area contributed by atoms with Gasteiger partial charge in [0, 0.05) is 11.2 Å². The second-order valence-corrected chi connectivity index (χ2v) is 3.74. The van der Waals surface area contributed by atoms with Crippen molar-refractivity contribution in [2.24, 2.45) is 0 Å². The molecule has 1 heterocycles. The minimum atomic E-state index is -0.350. The molecule has 0 bridgehead atoms. The third-order valence-corrected chi connectivity index (χ3v) is 2.62. The molecule has 4 heteroatoms. The van der Waals surface area contributed by atoms with Crippen molar-refractivity contribution in [2.45, 2.75) is 13.0 Å². The maximum absolute atomic E-state index is 11.3. The summed E-state index contributed by atoms with van der Waals surface area (Å²) in [6.07, 6.45) is 3.01. The Morgan fingerprint density at radius 2 is 2.00 bits per heavy atom. The topological polar surface area (TPSA) is 35.1 Å². The molecule has 0 aliphatic heterocycles. The van der Waals surface area contributed by atoms with Crippen LogP contribution in [-0.2, 0) is 0 Å². The van der Waals surface area contributed by atoms with E-state index in [2.05, 4.69) is 0 Å². The molecule has 0 amide bonds. The summed E-state index contributed by atoms with van der Waals surface area (Å²) >= 11 is 5.79. The summed E-state index contributed by atoms with van der Waals surface area (Å²) in [6.45, 7) is 1.93. The quantitative estimate of drug-likeness (QED) is 0.785. The van der Waals surface area contributed by atoms with Gasteiger partial charge in [-0.05, 0) is 24.6 Å². The molecule has 1 aromatic heterocycles. The van der Waals surface area contributed by atoms with Crippen LogP contribution in [0.3, 0.4) is 0 Å². The molecule has 15 heavy (non-hydrogen) atoms. The van der Waals surface area contributed by atoms with Crippen molar-refractivity contribution >= 4 is 11.6 Å². The summed E-state index contributed by atoms with van der Waals surface area (Å²) in [4.78, 5) is 11.3. The molecule has 3 nitrogen and oxygen atoms in total. The predicted octanol–water partition coefficient (Wildman–Crippen LogP) is 2.70. The number of halogens is 1. The SMILES string of the molecule is CC(c1ccc(Cl)cc1)n1ccoc1=O. The summed E-state index contributed by atoms with van der Waals surface area (Å²) in [6, 6.07) is 7.35. The number of benzene rings is 1. The number of rotatable bonds is 2. The second kappa shape index (κ2) is 3.95. The van der Waals surface area contributed by atoms with Gasteiger partial charge in [-0.15, -0.1) is 0 Å². The summed E-state index contributed by atoms with van der Waals surface area (Å²) in [5, 5.41) is 0.686. The Balaban J connectivity index is 2.36. The number of aromatic nitrogens is 1. The molecule has 2 rings (SSSR count). The molecule has 0 fully saturated rings. The van der Waals surface area contributed by atoms with Crippen LogP contribution in [0.15, 0.2) is 45.9 Å². The lowest BCUT2D eigenvalue weighted by Gasteiger charge is -2.11. The van der Waals surface area contributed by atoms with Gasteiger partial charge in [-0.1, -0.05) is 23.7 Å². The van der Waals surface area contributed by atoms with Gasteiger partial charge in [-0.2, -0.15) is 0 Å². The molecule has 0 N–H and O–H groups in total. The fraction of sp³-hybridized carbons (Fsp3) is 0.182. The first kappa shape index (κ1) is 10.1. The highest BCUT2D eigenvalue weighted by Gasteiger charge is 2.10. The van der Waals surface area contributed by atoms with Crippen molar-refractivity contribution in [2.75, 3.05) is 0 Å². The molecular formula is C11H10ClNO2. The van der Waals surface area contributed by atoms with Crippen LogP contribution in [-0.4, -0.2) is 4.57 Å². The van der Waals surface area contributed by atoms with E-state index >= 15 is 0 Å². The highest BCUT2D eigenvalue weighted by molar-refractivity contribution is 6.30. The largest absolute Gasteiger partial charge is 0.419 e. The van der Waals surface area contributed by atoms with E-state index in [1.54, 1.807) is 18.3 Å². The summed E-state index contributed by atoms with van der Waals surface area (Å²) < 4.78 is 6.24. The van der Waals surface area contributed by atoms with Crippen LogP contribution in [0, 0.1) is 0 Å². The zero-order valence-electron chi connectivity index (χ0n) is 8.18. The number of oxazole rings is 1. The fourth-order valence-corrected chi connectivity index (χ4v) is 1.59. The minimum absolute atomic E-state index is 0.0477. The normalized spacial score (nSPS) is 12.7. The fourth-order valence-electron chi connectivity index (χ4n) is 1.47. The smallest absolute Gasteiger partial charge is 0.416 e.